The number of rotatable bonds is 16. The van der Waals surface area contributed by atoms with E-state index in [0.29, 0.717) is 0 Å². The maximum absolute atomic E-state index is 11.2. The number of hydrogen-bond donors (Lipinski definition) is 1. The van der Waals surface area contributed by atoms with Crippen LogP contribution < -0.4 is 0 Å². The van der Waals surface area contributed by atoms with Gasteiger partial charge in [0.2, 0.25) is 0 Å². The van der Waals surface area contributed by atoms with Crippen molar-refractivity contribution in [2.24, 2.45) is 0 Å². The minimum atomic E-state index is -4.01. The molecule has 0 aliphatic heterocycles. The van der Waals surface area contributed by atoms with E-state index in [9.17, 15) is 9.46 Å². The van der Waals surface area contributed by atoms with Crippen molar-refractivity contribution in [1.29, 1.82) is 0 Å². The molecule has 0 aliphatic carbocycles. The number of phosphoric ester groups is 1. The third-order valence-electron chi connectivity index (χ3n) is 3.27. The first-order chi connectivity index (χ1) is 10.1. The molecule has 0 saturated carbocycles. The van der Waals surface area contributed by atoms with E-state index in [1.54, 1.807) is 6.92 Å². The Morgan fingerprint density at radius 1 is 0.810 bits per heavy atom. The lowest BCUT2D eigenvalue weighted by molar-refractivity contribution is -0.220. The lowest BCUT2D eigenvalue weighted by Crippen LogP contribution is -1.98. The Kier molecular flexibility index (Phi) is 15.0. The maximum Gasteiger partial charge on any atom is 0.499 e. The van der Waals surface area contributed by atoms with Crippen LogP contribution in [-0.4, -0.2) is 18.1 Å². The zero-order valence-corrected chi connectivity index (χ0v) is 14.6. The van der Waals surface area contributed by atoms with Crippen LogP contribution in [0.4, 0.5) is 0 Å². The first-order valence-corrected chi connectivity index (χ1v) is 9.90. The highest BCUT2D eigenvalue weighted by atomic mass is 31.2. The molecule has 0 aromatic heterocycles. The van der Waals surface area contributed by atoms with Gasteiger partial charge in [0.25, 0.3) is 0 Å². The third-order valence-corrected chi connectivity index (χ3v) is 4.07. The highest BCUT2D eigenvalue weighted by Gasteiger charge is 2.21. The molecule has 0 radical (unpaired) electrons. The van der Waals surface area contributed by atoms with E-state index in [1.165, 1.54) is 51.4 Å². The average Bonchev–Trinajstić information content (AvgIpc) is 2.46. The van der Waals surface area contributed by atoms with Crippen LogP contribution in [0.1, 0.15) is 84.5 Å². The van der Waals surface area contributed by atoms with Gasteiger partial charge < -0.3 is 4.89 Å². The largest absolute Gasteiger partial charge is 0.499 e. The molecule has 1 unspecified atom stereocenters. The quantitative estimate of drug-likeness (QED) is 0.179. The molecule has 1 N–H and O–H groups in total. The van der Waals surface area contributed by atoms with Crippen molar-refractivity contribution >= 4 is 7.82 Å². The minimum absolute atomic E-state index is 0.215. The van der Waals surface area contributed by atoms with Gasteiger partial charge in [-0.25, -0.2) is 9.45 Å². The van der Waals surface area contributed by atoms with Gasteiger partial charge in [-0.2, -0.15) is 0 Å². The van der Waals surface area contributed by atoms with Crippen LogP contribution in [0.25, 0.3) is 0 Å². The molecule has 0 amide bonds. The highest BCUT2D eigenvalue weighted by Crippen LogP contribution is 2.43. The van der Waals surface area contributed by atoms with Gasteiger partial charge in [0.05, 0.1) is 13.2 Å². The van der Waals surface area contributed by atoms with Crippen molar-refractivity contribution in [3.05, 3.63) is 0 Å². The highest BCUT2D eigenvalue weighted by molar-refractivity contribution is 7.47. The molecule has 128 valence electrons. The molecule has 6 heteroatoms. The van der Waals surface area contributed by atoms with E-state index in [2.05, 4.69) is 16.5 Å². The summed E-state index contributed by atoms with van der Waals surface area (Å²) in [5.74, 6) is 0. The normalized spacial score (nSPS) is 14.2. The van der Waals surface area contributed by atoms with E-state index in [1.807, 2.05) is 0 Å². The Morgan fingerprint density at radius 3 is 1.76 bits per heavy atom. The Balaban J connectivity index is 3.20. The SMILES string of the molecule is CCCCCCCCCCCCCOP(=O)(O)OOCC. The van der Waals surface area contributed by atoms with E-state index in [0.717, 1.165) is 19.3 Å². The summed E-state index contributed by atoms with van der Waals surface area (Å²) < 4.78 is 20.3. The number of phosphoric acid groups is 1. The zero-order chi connectivity index (χ0) is 15.8. The second kappa shape index (κ2) is 15.0. The first kappa shape index (κ1) is 21.1. The Labute approximate surface area is 129 Å². The standard InChI is InChI=1S/C15H33O5P/c1-3-5-6-7-8-9-10-11-12-13-14-15-19-21(16,17)20-18-4-2/h3-15H2,1-2H3,(H,16,17). The van der Waals surface area contributed by atoms with Crippen molar-refractivity contribution in [3.63, 3.8) is 0 Å². The van der Waals surface area contributed by atoms with Crippen LogP contribution in [0.2, 0.25) is 0 Å². The third kappa shape index (κ3) is 16.3. The zero-order valence-electron chi connectivity index (χ0n) is 13.7. The summed E-state index contributed by atoms with van der Waals surface area (Å²) in [6, 6.07) is 0. The summed E-state index contributed by atoms with van der Waals surface area (Å²) in [6.07, 6.45) is 13.6. The van der Waals surface area contributed by atoms with Crippen molar-refractivity contribution < 1.29 is 23.5 Å². The number of unbranched alkanes of at least 4 members (excludes halogenated alkanes) is 10. The van der Waals surface area contributed by atoms with Gasteiger partial charge in [-0.1, -0.05) is 71.1 Å². The van der Waals surface area contributed by atoms with Crippen molar-refractivity contribution in [1.82, 2.24) is 0 Å². The molecule has 0 spiro atoms. The fourth-order valence-corrected chi connectivity index (χ4v) is 2.73. The van der Waals surface area contributed by atoms with E-state index in [-0.39, 0.29) is 13.2 Å². The molecule has 1 atom stereocenters. The Hall–Kier alpha value is 0.0700. The summed E-state index contributed by atoms with van der Waals surface area (Å²) in [6.45, 7) is 4.36. The molecule has 0 bridgehead atoms. The summed E-state index contributed by atoms with van der Waals surface area (Å²) in [5.41, 5.74) is 0. The van der Waals surface area contributed by atoms with Crippen molar-refractivity contribution in [2.45, 2.75) is 84.5 Å². The van der Waals surface area contributed by atoms with Gasteiger partial charge >= 0.3 is 7.82 Å². The summed E-state index contributed by atoms with van der Waals surface area (Å²) >= 11 is 0. The van der Waals surface area contributed by atoms with Gasteiger partial charge in [-0.15, -0.1) is 4.67 Å². The van der Waals surface area contributed by atoms with Gasteiger partial charge in [0.15, 0.2) is 0 Å². The maximum atomic E-state index is 11.2. The fourth-order valence-electron chi connectivity index (χ4n) is 2.09. The van der Waals surface area contributed by atoms with Crippen LogP contribution in [0.5, 0.6) is 0 Å². The summed E-state index contributed by atoms with van der Waals surface area (Å²) in [4.78, 5) is 13.6. The van der Waals surface area contributed by atoms with Gasteiger partial charge in [-0.3, -0.25) is 4.52 Å². The van der Waals surface area contributed by atoms with Crippen LogP contribution in [0, 0.1) is 0 Å². The molecule has 0 heterocycles. The van der Waals surface area contributed by atoms with Gasteiger partial charge in [-0.05, 0) is 13.3 Å². The molecular formula is C15H33O5P. The van der Waals surface area contributed by atoms with Crippen LogP contribution >= 0.6 is 7.82 Å². The van der Waals surface area contributed by atoms with Crippen LogP contribution in [0.3, 0.4) is 0 Å². The molecule has 0 aliphatic rings. The second-order valence-electron chi connectivity index (χ2n) is 5.32. The smallest absolute Gasteiger partial charge is 0.301 e. The molecule has 0 aromatic rings. The Morgan fingerprint density at radius 2 is 1.29 bits per heavy atom. The molecule has 0 saturated heterocycles. The lowest BCUT2D eigenvalue weighted by atomic mass is 10.1. The molecule has 0 fully saturated rings. The van der Waals surface area contributed by atoms with Gasteiger partial charge in [0, 0.05) is 0 Å². The second-order valence-corrected chi connectivity index (χ2v) is 6.66. The van der Waals surface area contributed by atoms with Crippen LogP contribution in [0.15, 0.2) is 0 Å². The lowest BCUT2D eigenvalue weighted by Gasteiger charge is -2.10. The number of hydrogen-bond acceptors (Lipinski definition) is 4. The summed E-state index contributed by atoms with van der Waals surface area (Å²) in [5, 5.41) is 0. The molecule has 0 rings (SSSR count). The van der Waals surface area contributed by atoms with E-state index in [4.69, 9.17) is 4.52 Å². The molecule has 5 nitrogen and oxygen atoms in total. The molecule has 21 heavy (non-hydrogen) atoms. The fraction of sp³-hybridized carbons (Fsp3) is 1.00. The van der Waals surface area contributed by atoms with E-state index < -0.39 is 7.82 Å². The molecule has 0 aromatic carbocycles. The van der Waals surface area contributed by atoms with Crippen molar-refractivity contribution in [2.75, 3.05) is 13.2 Å². The predicted molar refractivity (Wildman–Crippen MR) is 84.9 cm³/mol. The average molecular weight is 324 g/mol. The van der Waals surface area contributed by atoms with Crippen LogP contribution in [-0.2, 0) is 18.7 Å². The monoisotopic (exact) mass is 324 g/mol. The van der Waals surface area contributed by atoms with Gasteiger partial charge in [0.1, 0.15) is 0 Å². The predicted octanol–water partition coefficient (Wildman–Crippen LogP) is 5.38. The minimum Gasteiger partial charge on any atom is -0.301 e. The first-order valence-electron chi connectivity index (χ1n) is 8.41. The van der Waals surface area contributed by atoms with E-state index >= 15 is 0 Å². The van der Waals surface area contributed by atoms with Crippen molar-refractivity contribution in [3.8, 4) is 0 Å². The molecular weight excluding hydrogens is 291 g/mol. The topological polar surface area (TPSA) is 65.0 Å². The Bertz CT molecular complexity index is 260. The summed E-state index contributed by atoms with van der Waals surface area (Å²) in [7, 11) is -4.01.